The van der Waals surface area contributed by atoms with Crippen LogP contribution in [0, 0.1) is 0 Å². The van der Waals surface area contributed by atoms with Crippen molar-refractivity contribution < 1.29 is 19.1 Å². The summed E-state index contributed by atoms with van der Waals surface area (Å²) in [5, 5.41) is 13.9. The average molecular weight is 307 g/mol. The molecular weight excluding hydrogens is 290 g/mol. The minimum Gasteiger partial charge on any atom is -0.478 e. The van der Waals surface area contributed by atoms with E-state index < -0.39 is 11.9 Å². The molecule has 0 radical (unpaired) electrons. The zero-order valence-corrected chi connectivity index (χ0v) is 12.7. The average Bonchev–Trinajstić information content (AvgIpc) is 3.12. The summed E-state index contributed by atoms with van der Waals surface area (Å²) in [7, 11) is 0. The van der Waals surface area contributed by atoms with Crippen LogP contribution in [-0.4, -0.2) is 17.0 Å². The molecule has 2 aromatic rings. The zero-order valence-electron chi connectivity index (χ0n) is 11.9. The first-order valence-electron chi connectivity index (χ1n) is 6.77. The highest BCUT2D eigenvalue weighted by molar-refractivity contribution is 7.10. The monoisotopic (exact) mass is 307 g/mol. The predicted octanol–water partition coefficient (Wildman–Crippen LogP) is 3.48. The summed E-state index contributed by atoms with van der Waals surface area (Å²) < 4.78 is 5.36. The van der Waals surface area contributed by atoms with Gasteiger partial charge in [0.15, 0.2) is 5.76 Å². The molecule has 1 amide bonds. The van der Waals surface area contributed by atoms with Crippen LogP contribution in [0.15, 0.2) is 28.0 Å². The van der Waals surface area contributed by atoms with Gasteiger partial charge in [0.1, 0.15) is 11.3 Å². The number of carboxylic acid groups (broad SMARTS) is 1. The van der Waals surface area contributed by atoms with E-state index in [2.05, 4.69) is 5.32 Å². The van der Waals surface area contributed by atoms with Crippen LogP contribution in [0.25, 0.3) is 0 Å². The second-order valence-electron chi connectivity index (χ2n) is 4.56. The molecule has 0 fully saturated rings. The van der Waals surface area contributed by atoms with Crippen molar-refractivity contribution in [2.75, 3.05) is 0 Å². The lowest BCUT2D eigenvalue weighted by Crippen LogP contribution is -2.27. The number of hydrogen-bond donors (Lipinski definition) is 2. The van der Waals surface area contributed by atoms with Gasteiger partial charge in [0.25, 0.3) is 5.91 Å². The van der Waals surface area contributed by atoms with Crippen molar-refractivity contribution >= 4 is 23.2 Å². The van der Waals surface area contributed by atoms with Crippen LogP contribution in [0.1, 0.15) is 57.9 Å². The summed E-state index contributed by atoms with van der Waals surface area (Å²) in [5.41, 5.74) is 0.0480. The third-order valence-electron chi connectivity index (χ3n) is 3.18. The Morgan fingerprint density at radius 2 is 2.19 bits per heavy atom. The smallest absolute Gasteiger partial charge is 0.339 e. The van der Waals surface area contributed by atoms with E-state index in [-0.39, 0.29) is 17.4 Å². The lowest BCUT2D eigenvalue weighted by molar-refractivity contribution is 0.0694. The fraction of sp³-hybridized carbons (Fsp3) is 0.333. The summed E-state index contributed by atoms with van der Waals surface area (Å²) in [5.74, 6) is -1.12. The summed E-state index contributed by atoms with van der Waals surface area (Å²) in [6.45, 7) is 3.76. The number of carboxylic acids is 1. The van der Waals surface area contributed by atoms with Crippen molar-refractivity contribution in [3.05, 3.63) is 45.5 Å². The minimum atomic E-state index is -1.08. The van der Waals surface area contributed by atoms with E-state index in [0.717, 1.165) is 11.3 Å². The summed E-state index contributed by atoms with van der Waals surface area (Å²) in [6, 6.07) is 5.08. The lowest BCUT2D eigenvalue weighted by Gasteiger charge is -2.14. The topological polar surface area (TPSA) is 79.5 Å². The van der Waals surface area contributed by atoms with Crippen molar-refractivity contribution in [3.63, 3.8) is 0 Å². The summed E-state index contributed by atoms with van der Waals surface area (Å²) in [6.07, 6.45) is 1.18. The fourth-order valence-corrected chi connectivity index (χ4v) is 2.94. The largest absolute Gasteiger partial charge is 0.478 e. The van der Waals surface area contributed by atoms with Crippen molar-refractivity contribution in [1.29, 1.82) is 0 Å². The van der Waals surface area contributed by atoms with Gasteiger partial charge in [-0.15, -0.1) is 11.3 Å². The van der Waals surface area contributed by atoms with Crippen molar-refractivity contribution in [2.24, 2.45) is 0 Å². The van der Waals surface area contributed by atoms with Crippen LogP contribution in [-0.2, 0) is 6.42 Å². The van der Waals surface area contributed by atoms with Crippen LogP contribution in [0.4, 0.5) is 0 Å². The lowest BCUT2D eigenvalue weighted by atomic mass is 10.1. The molecule has 112 valence electrons. The molecule has 1 unspecified atom stereocenters. The molecule has 0 bridgehead atoms. The van der Waals surface area contributed by atoms with E-state index in [0.29, 0.717) is 12.2 Å². The molecule has 5 nitrogen and oxygen atoms in total. The standard InChI is InChI=1S/C15H17NO4S/c1-3-10(13-6-5-7-21-13)16-14(17)12-8-9(15(18)19)11(4-2)20-12/h5-8,10H,3-4H2,1-2H3,(H,16,17)(H,18,19). The zero-order chi connectivity index (χ0) is 15.4. The Labute approximate surface area is 126 Å². The number of hydrogen-bond acceptors (Lipinski definition) is 4. The number of amides is 1. The van der Waals surface area contributed by atoms with Crippen molar-refractivity contribution in [3.8, 4) is 0 Å². The quantitative estimate of drug-likeness (QED) is 0.856. The fourth-order valence-electron chi connectivity index (χ4n) is 2.08. The Bertz CT molecular complexity index is 630. The Hall–Kier alpha value is -2.08. The molecule has 0 aliphatic carbocycles. The molecule has 0 aromatic carbocycles. The van der Waals surface area contributed by atoms with Crippen LogP contribution < -0.4 is 5.32 Å². The van der Waals surface area contributed by atoms with Crippen LogP contribution >= 0.6 is 11.3 Å². The van der Waals surface area contributed by atoms with Gasteiger partial charge < -0.3 is 14.8 Å². The third kappa shape index (κ3) is 3.33. The number of furan rings is 1. The molecule has 0 aliphatic rings. The van der Waals surface area contributed by atoms with Gasteiger partial charge in [-0.3, -0.25) is 4.79 Å². The van der Waals surface area contributed by atoms with Gasteiger partial charge in [0.2, 0.25) is 0 Å². The van der Waals surface area contributed by atoms with Gasteiger partial charge in [0.05, 0.1) is 6.04 Å². The molecular formula is C15H17NO4S. The summed E-state index contributed by atoms with van der Waals surface area (Å²) >= 11 is 1.57. The first-order valence-corrected chi connectivity index (χ1v) is 7.65. The number of aromatic carboxylic acids is 1. The maximum atomic E-state index is 12.2. The number of nitrogens with one attached hydrogen (secondary N) is 1. The van der Waals surface area contributed by atoms with E-state index in [1.807, 2.05) is 24.4 Å². The highest BCUT2D eigenvalue weighted by Crippen LogP contribution is 2.23. The highest BCUT2D eigenvalue weighted by Gasteiger charge is 2.22. The molecule has 0 aliphatic heterocycles. The van der Waals surface area contributed by atoms with Gasteiger partial charge >= 0.3 is 5.97 Å². The molecule has 0 saturated carbocycles. The maximum absolute atomic E-state index is 12.2. The number of aryl methyl sites for hydroxylation is 1. The van der Waals surface area contributed by atoms with Crippen molar-refractivity contribution in [1.82, 2.24) is 5.32 Å². The van der Waals surface area contributed by atoms with Crippen molar-refractivity contribution in [2.45, 2.75) is 32.7 Å². The minimum absolute atomic E-state index is 0.0410. The van der Waals surface area contributed by atoms with E-state index in [1.165, 1.54) is 6.07 Å². The first kappa shape index (κ1) is 15.3. The maximum Gasteiger partial charge on any atom is 0.339 e. The molecule has 2 rings (SSSR count). The van der Waals surface area contributed by atoms with Crippen LogP contribution in [0.2, 0.25) is 0 Å². The third-order valence-corrected chi connectivity index (χ3v) is 4.17. The number of carbonyl (C=O) groups excluding carboxylic acids is 1. The second kappa shape index (κ2) is 6.58. The van der Waals surface area contributed by atoms with E-state index >= 15 is 0 Å². The van der Waals surface area contributed by atoms with Gasteiger partial charge in [-0.05, 0) is 17.9 Å². The molecule has 21 heavy (non-hydrogen) atoms. The second-order valence-corrected chi connectivity index (χ2v) is 5.54. The molecule has 2 heterocycles. The summed E-state index contributed by atoms with van der Waals surface area (Å²) in [4.78, 5) is 24.4. The normalized spacial score (nSPS) is 12.1. The van der Waals surface area contributed by atoms with Crippen LogP contribution in [0.5, 0.6) is 0 Å². The number of thiophene rings is 1. The molecule has 6 heteroatoms. The van der Waals surface area contributed by atoms with Gasteiger partial charge in [0, 0.05) is 17.4 Å². The molecule has 0 saturated heterocycles. The van der Waals surface area contributed by atoms with E-state index in [4.69, 9.17) is 9.52 Å². The van der Waals surface area contributed by atoms with E-state index in [9.17, 15) is 9.59 Å². The first-order chi connectivity index (χ1) is 10.1. The van der Waals surface area contributed by atoms with Gasteiger partial charge in [-0.1, -0.05) is 19.9 Å². The predicted molar refractivity (Wildman–Crippen MR) is 79.9 cm³/mol. The molecule has 2 N–H and O–H groups in total. The Kier molecular flexibility index (Phi) is 4.80. The highest BCUT2D eigenvalue weighted by atomic mass is 32.1. The van der Waals surface area contributed by atoms with E-state index in [1.54, 1.807) is 18.3 Å². The Morgan fingerprint density at radius 3 is 2.67 bits per heavy atom. The van der Waals surface area contributed by atoms with Gasteiger partial charge in [-0.25, -0.2) is 4.79 Å². The van der Waals surface area contributed by atoms with Gasteiger partial charge in [-0.2, -0.15) is 0 Å². The van der Waals surface area contributed by atoms with Crippen LogP contribution in [0.3, 0.4) is 0 Å². The SMILES string of the molecule is CCc1oc(C(=O)NC(CC)c2cccs2)cc1C(=O)O. The molecule has 0 spiro atoms. The molecule has 1 atom stereocenters. The molecule has 2 aromatic heterocycles. The Morgan fingerprint density at radius 1 is 1.43 bits per heavy atom. The number of rotatable bonds is 6. The number of carbonyl (C=O) groups is 2. The Balaban J connectivity index is 2.18.